The zero-order chi connectivity index (χ0) is 19.6. The lowest BCUT2D eigenvalue weighted by Crippen LogP contribution is -2.72. The van der Waals surface area contributed by atoms with Crippen LogP contribution in [0, 0.1) is 11.3 Å². The molecule has 28 heavy (non-hydrogen) atoms. The van der Waals surface area contributed by atoms with Gasteiger partial charge in [0.05, 0.1) is 18.8 Å². The SMILES string of the molecule is CCN=C(NC1CCN(CCOC(C)C)CC1)NC1C2CCOC2C12CCC2. The molecule has 4 rings (SSSR count). The second kappa shape index (κ2) is 8.88. The molecule has 2 saturated heterocycles. The number of likely N-dealkylation sites (tertiary alicyclic amines) is 1. The van der Waals surface area contributed by atoms with Crippen molar-refractivity contribution in [1.82, 2.24) is 15.5 Å². The average Bonchev–Trinajstić information content (AvgIpc) is 3.05. The molecular formula is C22H40N4O2. The van der Waals surface area contributed by atoms with Gasteiger partial charge in [0.15, 0.2) is 5.96 Å². The molecule has 6 heteroatoms. The third kappa shape index (κ3) is 4.05. The molecule has 0 aromatic carbocycles. The maximum Gasteiger partial charge on any atom is 0.191 e. The number of nitrogens with zero attached hydrogens (tertiary/aromatic N) is 2. The fourth-order valence-corrected chi connectivity index (χ4v) is 5.81. The van der Waals surface area contributed by atoms with Crippen molar-refractivity contribution in [3.8, 4) is 0 Å². The number of nitrogens with one attached hydrogen (secondary N) is 2. The lowest BCUT2D eigenvalue weighted by molar-refractivity contribution is -0.171. The summed E-state index contributed by atoms with van der Waals surface area (Å²) in [5, 5.41) is 7.61. The van der Waals surface area contributed by atoms with Gasteiger partial charge in [0.25, 0.3) is 0 Å². The zero-order valence-electron chi connectivity index (χ0n) is 18.1. The van der Waals surface area contributed by atoms with Crippen LogP contribution < -0.4 is 10.6 Å². The normalized spacial score (nSPS) is 32.9. The van der Waals surface area contributed by atoms with E-state index in [1.165, 1.54) is 38.5 Å². The van der Waals surface area contributed by atoms with Crippen molar-refractivity contribution in [2.24, 2.45) is 16.3 Å². The van der Waals surface area contributed by atoms with Crippen molar-refractivity contribution in [2.45, 2.75) is 83.6 Å². The molecule has 2 aliphatic heterocycles. The van der Waals surface area contributed by atoms with E-state index in [1.54, 1.807) is 0 Å². The highest BCUT2D eigenvalue weighted by Gasteiger charge is 2.66. The van der Waals surface area contributed by atoms with Crippen LogP contribution in [-0.2, 0) is 9.47 Å². The molecular weight excluding hydrogens is 352 g/mol. The molecule has 2 N–H and O–H groups in total. The van der Waals surface area contributed by atoms with Gasteiger partial charge in [-0.25, -0.2) is 0 Å². The molecule has 1 spiro atoms. The molecule has 2 heterocycles. The van der Waals surface area contributed by atoms with Gasteiger partial charge in [0, 0.05) is 56.2 Å². The van der Waals surface area contributed by atoms with Crippen molar-refractivity contribution >= 4 is 5.96 Å². The first-order valence-corrected chi connectivity index (χ1v) is 11.7. The van der Waals surface area contributed by atoms with Gasteiger partial charge in [-0.2, -0.15) is 0 Å². The number of aliphatic imine (C=N–C) groups is 1. The molecule has 6 nitrogen and oxygen atoms in total. The third-order valence-electron chi connectivity index (χ3n) is 7.43. The molecule has 2 aliphatic carbocycles. The fraction of sp³-hybridized carbons (Fsp3) is 0.955. The van der Waals surface area contributed by atoms with Crippen LogP contribution in [0.5, 0.6) is 0 Å². The molecule has 0 aromatic rings. The van der Waals surface area contributed by atoms with Gasteiger partial charge in [0.2, 0.25) is 0 Å². The molecule has 2 saturated carbocycles. The molecule has 160 valence electrons. The number of ether oxygens (including phenoxy) is 2. The van der Waals surface area contributed by atoms with E-state index in [2.05, 4.69) is 36.3 Å². The molecule has 3 unspecified atom stereocenters. The summed E-state index contributed by atoms with van der Waals surface area (Å²) in [4.78, 5) is 7.31. The quantitative estimate of drug-likeness (QED) is 0.515. The van der Waals surface area contributed by atoms with E-state index in [4.69, 9.17) is 14.5 Å². The Morgan fingerprint density at radius 1 is 1.21 bits per heavy atom. The van der Waals surface area contributed by atoms with Gasteiger partial charge in [-0.05, 0) is 52.9 Å². The summed E-state index contributed by atoms with van der Waals surface area (Å²) in [5.74, 6) is 1.72. The van der Waals surface area contributed by atoms with Crippen LogP contribution in [0.1, 0.15) is 59.3 Å². The minimum absolute atomic E-state index is 0.327. The summed E-state index contributed by atoms with van der Waals surface area (Å²) < 4.78 is 11.8. The summed E-state index contributed by atoms with van der Waals surface area (Å²) in [7, 11) is 0. The van der Waals surface area contributed by atoms with E-state index < -0.39 is 0 Å². The predicted molar refractivity (Wildman–Crippen MR) is 113 cm³/mol. The molecule has 3 atom stereocenters. The smallest absolute Gasteiger partial charge is 0.191 e. The highest BCUT2D eigenvalue weighted by Crippen LogP contribution is 2.62. The Kier molecular flexibility index (Phi) is 6.48. The van der Waals surface area contributed by atoms with Gasteiger partial charge in [-0.1, -0.05) is 6.42 Å². The molecule has 4 fully saturated rings. The topological polar surface area (TPSA) is 58.1 Å². The van der Waals surface area contributed by atoms with Crippen molar-refractivity contribution in [1.29, 1.82) is 0 Å². The second-order valence-electron chi connectivity index (χ2n) is 9.46. The summed E-state index contributed by atoms with van der Waals surface area (Å²) in [6, 6.07) is 1.08. The van der Waals surface area contributed by atoms with Crippen molar-refractivity contribution in [3.63, 3.8) is 0 Å². The van der Waals surface area contributed by atoms with E-state index in [1.807, 2.05) is 0 Å². The van der Waals surface area contributed by atoms with E-state index in [9.17, 15) is 0 Å². The molecule has 0 bridgehead atoms. The van der Waals surface area contributed by atoms with Crippen LogP contribution in [0.2, 0.25) is 0 Å². The first kappa shape index (κ1) is 20.4. The maximum atomic E-state index is 6.07. The van der Waals surface area contributed by atoms with Gasteiger partial charge in [-0.3, -0.25) is 4.99 Å². The molecule has 0 aromatic heterocycles. The first-order chi connectivity index (χ1) is 13.6. The van der Waals surface area contributed by atoms with Gasteiger partial charge >= 0.3 is 0 Å². The van der Waals surface area contributed by atoms with E-state index in [0.29, 0.717) is 35.6 Å². The summed E-state index contributed by atoms with van der Waals surface area (Å²) >= 11 is 0. The lowest BCUT2D eigenvalue weighted by Gasteiger charge is -2.63. The van der Waals surface area contributed by atoms with Crippen LogP contribution in [0.15, 0.2) is 4.99 Å². The summed E-state index contributed by atoms with van der Waals surface area (Å²) in [6.07, 6.45) is 8.40. The van der Waals surface area contributed by atoms with E-state index in [-0.39, 0.29) is 0 Å². The summed E-state index contributed by atoms with van der Waals surface area (Å²) in [5.41, 5.74) is 0.400. The standard InChI is InChI=1S/C22H40N4O2/c1-4-23-21(24-17-6-11-26(12-7-17)13-15-27-16(2)3)25-19-18-8-14-28-20(18)22(19)9-5-10-22/h16-20H,4-15H2,1-3H3,(H2,23,24,25). The van der Waals surface area contributed by atoms with Crippen LogP contribution in [0.3, 0.4) is 0 Å². The molecule has 4 aliphatic rings. The van der Waals surface area contributed by atoms with E-state index >= 15 is 0 Å². The molecule has 0 amide bonds. The summed E-state index contributed by atoms with van der Waals surface area (Å²) in [6.45, 7) is 12.3. The predicted octanol–water partition coefficient (Wildman–Crippen LogP) is 2.39. The minimum Gasteiger partial charge on any atom is -0.377 e. The minimum atomic E-state index is 0.327. The third-order valence-corrected chi connectivity index (χ3v) is 7.43. The Bertz CT molecular complexity index is 541. The number of hydrogen-bond donors (Lipinski definition) is 2. The largest absolute Gasteiger partial charge is 0.377 e. The highest BCUT2D eigenvalue weighted by atomic mass is 16.5. The molecule has 0 radical (unpaired) electrons. The monoisotopic (exact) mass is 392 g/mol. The van der Waals surface area contributed by atoms with Gasteiger partial charge in [0.1, 0.15) is 0 Å². The average molecular weight is 393 g/mol. The van der Waals surface area contributed by atoms with Crippen LogP contribution in [0.4, 0.5) is 0 Å². The Morgan fingerprint density at radius 2 is 2.00 bits per heavy atom. The van der Waals surface area contributed by atoms with Crippen LogP contribution in [-0.4, -0.2) is 74.5 Å². The number of guanidine groups is 1. The Morgan fingerprint density at radius 3 is 2.64 bits per heavy atom. The van der Waals surface area contributed by atoms with Crippen LogP contribution >= 0.6 is 0 Å². The van der Waals surface area contributed by atoms with Crippen molar-refractivity contribution < 1.29 is 9.47 Å². The Balaban J connectivity index is 1.25. The van der Waals surface area contributed by atoms with Gasteiger partial charge in [-0.15, -0.1) is 0 Å². The van der Waals surface area contributed by atoms with Gasteiger partial charge < -0.3 is 25.0 Å². The second-order valence-corrected chi connectivity index (χ2v) is 9.46. The number of piperidine rings is 1. The van der Waals surface area contributed by atoms with E-state index in [0.717, 1.165) is 45.4 Å². The first-order valence-electron chi connectivity index (χ1n) is 11.7. The fourth-order valence-electron chi connectivity index (χ4n) is 5.81. The zero-order valence-corrected chi connectivity index (χ0v) is 18.1. The van der Waals surface area contributed by atoms with Crippen molar-refractivity contribution in [3.05, 3.63) is 0 Å². The number of rotatable bonds is 7. The maximum absolute atomic E-state index is 6.07. The van der Waals surface area contributed by atoms with Crippen LogP contribution in [0.25, 0.3) is 0 Å². The number of fused-ring (bicyclic) bond motifs is 2. The Labute approximate surface area is 170 Å². The Hall–Kier alpha value is -0.850. The number of hydrogen-bond acceptors (Lipinski definition) is 4. The highest BCUT2D eigenvalue weighted by molar-refractivity contribution is 5.80. The lowest BCUT2D eigenvalue weighted by atomic mass is 9.46. The van der Waals surface area contributed by atoms with Crippen molar-refractivity contribution in [2.75, 3.05) is 39.4 Å².